The van der Waals surface area contributed by atoms with Crippen molar-refractivity contribution in [2.24, 2.45) is 0 Å². The van der Waals surface area contributed by atoms with E-state index in [0.717, 1.165) is 90.0 Å². The smallest absolute Gasteiger partial charge is 0.149 e. The van der Waals surface area contributed by atoms with Crippen molar-refractivity contribution < 1.29 is 5.11 Å². The maximum atomic E-state index is 12.4. The van der Waals surface area contributed by atoms with Crippen LogP contribution in [0.5, 0.6) is 5.75 Å². The fraction of sp³-hybridized carbons (Fsp3) is 0.238. The lowest BCUT2D eigenvalue weighted by Crippen LogP contribution is -2.16. The van der Waals surface area contributed by atoms with Crippen LogP contribution < -0.4 is 0 Å². The molecule has 7 aromatic carbocycles. The highest BCUT2D eigenvalue weighted by Crippen LogP contribution is 2.45. The maximum absolute atomic E-state index is 12.4. The molecular weight excluding hydrogens is 815 g/mol. The Morgan fingerprint density at radius 1 is 0.522 bits per heavy atom. The zero-order chi connectivity index (χ0) is 47.2. The Balaban J connectivity index is 1.32. The van der Waals surface area contributed by atoms with E-state index in [4.69, 9.17) is 9.97 Å². The van der Waals surface area contributed by atoms with Crippen LogP contribution in [0, 0.1) is 0 Å². The Bertz CT molecular complexity index is 3220. The number of aromatic nitrogens is 3. The van der Waals surface area contributed by atoms with E-state index in [1.807, 2.05) is 6.20 Å². The van der Waals surface area contributed by atoms with Crippen LogP contribution in [0.25, 0.3) is 83.9 Å². The van der Waals surface area contributed by atoms with Crippen LogP contribution in [0.4, 0.5) is 0 Å². The van der Waals surface area contributed by atoms with E-state index in [2.05, 4.69) is 238 Å². The molecule has 1 N–H and O–H groups in total. The van der Waals surface area contributed by atoms with Gasteiger partial charge in [0.25, 0.3) is 0 Å². The third-order valence-electron chi connectivity index (χ3n) is 13.9. The Hall–Kier alpha value is -7.04. The average molecular weight is 878 g/mol. The zero-order valence-corrected chi connectivity index (χ0v) is 40.8. The van der Waals surface area contributed by atoms with Gasteiger partial charge < -0.3 is 5.11 Å². The second-order valence-electron chi connectivity index (χ2n) is 20.5. The lowest BCUT2D eigenvalue weighted by Gasteiger charge is -2.26. The summed E-state index contributed by atoms with van der Waals surface area (Å²) in [6, 6.07) is 59.1. The summed E-state index contributed by atoms with van der Waals surface area (Å²) in [6.45, 7) is 22.4. The second-order valence-corrected chi connectivity index (χ2v) is 20.5. The number of pyridine rings is 1. The fourth-order valence-corrected chi connectivity index (χ4v) is 9.24. The molecule has 9 rings (SSSR count). The Kier molecular flexibility index (Phi) is 12.1. The molecular formula is C63H63N3O. The van der Waals surface area contributed by atoms with Gasteiger partial charge >= 0.3 is 0 Å². The standard InChI is InChI=1S/C63H63N3O/c1-11-63(9,10)51-29-30-57(54(39-51)44-21-16-13-17-22-44)66-58-24-18-23-52(59(58)65-61(66)55-37-46(40(2)3)36-53(41(4)5)60(55)67)48-33-47(42-19-14-12-15-20-42)34-49(35-48)56-38-45(31-32-64-56)43-25-27-50(28-26-43)62(6,7)8/h12-41,67H,11H2,1-10H3. The second kappa shape index (κ2) is 18.0. The Labute approximate surface area is 398 Å². The first-order chi connectivity index (χ1) is 32.1. The molecule has 0 aliphatic carbocycles. The molecule has 2 heterocycles. The van der Waals surface area contributed by atoms with Crippen molar-refractivity contribution in [3.63, 3.8) is 0 Å². The number of hydrogen-bond donors (Lipinski definition) is 1. The lowest BCUT2D eigenvalue weighted by molar-refractivity contribution is 0.466. The summed E-state index contributed by atoms with van der Waals surface area (Å²) in [4.78, 5) is 10.7. The van der Waals surface area contributed by atoms with Gasteiger partial charge in [-0.1, -0.05) is 178 Å². The molecule has 0 unspecified atom stereocenters. The molecule has 4 nitrogen and oxygen atoms in total. The van der Waals surface area contributed by atoms with E-state index in [1.165, 1.54) is 16.7 Å². The van der Waals surface area contributed by atoms with Crippen LogP contribution in [0.1, 0.15) is 110 Å². The largest absolute Gasteiger partial charge is 0.507 e. The van der Waals surface area contributed by atoms with Gasteiger partial charge in [0.05, 0.1) is 28.0 Å². The van der Waals surface area contributed by atoms with Crippen LogP contribution in [-0.2, 0) is 10.8 Å². The first-order valence-electron chi connectivity index (χ1n) is 24.0. The van der Waals surface area contributed by atoms with Crippen LogP contribution in [-0.4, -0.2) is 19.6 Å². The van der Waals surface area contributed by atoms with Crippen LogP contribution in [0.3, 0.4) is 0 Å². The molecule has 0 spiro atoms. The van der Waals surface area contributed by atoms with Gasteiger partial charge in [-0.2, -0.15) is 0 Å². The molecule has 0 bridgehead atoms. The summed E-state index contributed by atoms with van der Waals surface area (Å²) in [7, 11) is 0. The van der Waals surface area contributed by atoms with Crippen molar-refractivity contribution in [1.29, 1.82) is 0 Å². The predicted octanol–water partition coefficient (Wildman–Crippen LogP) is 17.4. The summed E-state index contributed by atoms with van der Waals surface area (Å²) in [5.41, 5.74) is 18.9. The number of phenolic OH excluding ortho intramolecular Hbond substituents is 1. The number of fused-ring (bicyclic) bond motifs is 1. The number of benzene rings is 7. The first kappa shape index (κ1) is 45.1. The van der Waals surface area contributed by atoms with Crippen molar-refractivity contribution in [1.82, 2.24) is 14.5 Å². The van der Waals surface area contributed by atoms with Crippen LogP contribution in [0.2, 0.25) is 0 Å². The summed E-state index contributed by atoms with van der Waals surface area (Å²) in [5.74, 6) is 1.33. The average Bonchev–Trinajstić information content (AvgIpc) is 3.73. The number of nitrogens with zero attached hydrogens (tertiary/aromatic N) is 3. The normalized spacial score (nSPS) is 12.1. The molecule has 4 heteroatoms. The molecule has 0 saturated heterocycles. The van der Waals surface area contributed by atoms with E-state index in [-0.39, 0.29) is 28.4 Å². The third kappa shape index (κ3) is 8.86. The van der Waals surface area contributed by atoms with Gasteiger partial charge in [0.1, 0.15) is 11.6 Å². The highest BCUT2D eigenvalue weighted by Gasteiger charge is 2.27. The molecule has 0 radical (unpaired) electrons. The Morgan fingerprint density at radius 3 is 1.82 bits per heavy atom. The zero-order valence-electron chi connectivity index (χ0n) is 40.8. The number of phenols is 1. The quantitative estimate of drug-likeness (QED) is 0.141. The molecule has 67 heavy (non-hydrogen) atoms. The van der Waals surface area contributed by atoms with Crippen LogP contribution in [0.15, 0.2) is 170 Å². The van der Waals surface area contributed by atoms with Crippen molar-refractivity contribution in [3.8, 4) is 78.6 Å². The van der Waals surface area contributed by atoms with E-state index in [9.17, 15) is 5.11 Å². The summed E-state index contributed by atoms with van der Waals surface area (Å²) in [5, 5.41) is 12.4. The molecule has 0 atom stereocenters. The SMILES string of the molecule is CCC(C)(C)c1ccc(-n2c(-c3cc(C(C)C)cc(C(C)C)c3O)nc3c(-c4cc(-c5ccccc5)cc(-c5cc(-c6ccc(C(C)(C)C)cc6)ccn5)c4)cccc32)c(-c2ccccc2)c1. The molecule has 9 aromatic rings. The topological polar surface area (TPSA) is 50.9 Å². The third-order valence-corrected chi connectivity index (χ3v) is 13.9. The van der Waals surface area contributed by atoms with Crippen molar-refractivity contribution >= 4 is 11.0 Å². The summed E-state index contributed by atoms with van der Waals surface area (Å²) in [6.07, 6.45) is 2.93. The van der Waals surface area contributed by atoms with Gasteiger partial charge in [-0.3, -0.25) is 9.55 Å². The monoisotopic (exact) mass is 877 g/mol. The van der Waals surface area contributed by atoms with E-state index >= 15 is 0 Å². The van der Waals surface area contributed by atoms with Crippen molar-refractivity contribution in [3.05, 3.63) is 192 Å². The van der Waals surface area contributed by atoms with E-state index < -0.39 is 0 Å². The summed E-state index contributed by atoms with van der Waals surface area (Å²) < 4.78 is 2.30. The van der Waals surface area contributed by atoms with Gasteiger partial charge in [0.15, 0.2) is 0 Å². The molecule has 0 fully saturated rings. The van der Waals surface area contributed by atoms with Crippen LogP contribution >= 0.6 is 0 Å². The number of hydrogen-bond acceptors (Lipinski definition) is 3. The van der Waals surface area contributed by atoms with E-state index in [1.54, 1.807) is 0 Å². The van der Waals surface area contributed by atoms with Gasteiger partial charge in [0.2, 0.25) is 0 Å². The number of imidazole rings is 1. The highest BCUT2D eigenvalue weighted by molar-refractivity contribution is 5.98. The van der Waals surface area contributed by atoms with Crippen molar-refractivity contribution in [2.75, 3.05) is 0 Å². The minimum absolute atomic E-state index is 0.0299. The van der Waals surface area contributed by atoms with Crippen molar-refractivity contribution in [2.45, 2.75) is 98.3 Å². The van der Waals surface area contributed by atoms with E-state index in [0.29, 0.717) is 5.82 Å². The molecule has 0 amide bonds. The molecule has 2 aromatic heterocycles. The summed E-state index contributed by atoms with van der Waals surface area (Å²) >= 11 is 0. The highest BCUT2D eigenvalue weighted by atomic mass is 16.3. The number of para-hydroxylation sites is 1. The van der Waals surface area contributed by atoms with Gasteiger partial charge in [-0.15, -0.1) is 0 Å². The van der Waals surface area contributed by atoms with Gasteiger partial charge in [-0.25, -0.2) is 4.98 Å². The molecule has 0 aliphatic heterocycles. The number of rotatable bonds is 11. The predicted molar refractivity (Wildman–Crippen MR) is 283 cm³/mol. The van der Waals surface area contributed by atoms with Gasteiger partial charge in [-0.05, 0) is 139 Å². The number of aromatic hydroxyl groups is 1. The Morgan fingerprint density at radius 2 is 1.16 bits per heavy atom. The molecule has 0 saturated carbocycles. The maximum Gasteiger partial charge on any atom is 0.149 e. The first-order valence-corrected chi connectivity index (χ1v) is 24.0. The lowest BCUT2D eigenvalue weighted by atomic mass is 9.81. The fourth-order valence-electron chi connectivity index (χ4n) is 9.24. The molecule has 336 valence electrons. The van der Waals surface area contributed by atoms with Gasteiger partial charge in [0, 0.05) is 22.9 Å². The minimum Gasteiger partial charge on any atom is -0.507 e. The molecule has 0 aliphatic rings. The minimum atomic E-state index is -0.0299.